The highest BCUT2D eigenvalue weighted by Crippen LogP contribution is 2.46. The summed E-state index contributed by atoms with van der Waals surface area (Å²) in [6, 6.07) is 11.5. The van der Waals surface area contributed by atoms with Crippen molar-refractivity contribution >= 4 is 11.8 Å². The highest BCUT2D eigenvalue weighted by atomic mass is 16.2. The number of benzene rings is 1. The van der Waals surface area contributed by atoms with Crippen LogP contribution < -0.4 is 0 Å². The molecule has 2 atom stereocenters. The number of carbonyl (C=O) groups is 2. The summed E-state index contributed by atoms with van der Waals surface area (Å²) >= 11 is 0. The molecular formula is C19H20N4O2. The number of nitrogens with zero attached hydrogens (tertiary/aromatic N) is 4. The minimum Gasteiger partial charge on any atom is -0.273 e. The molecule has 6 heteroatoms. The average Bonchev–Trinajstić information content (AvgIpc) is 3.22. The molecule has 2 aliphatic heterocycles. The van der Waals surface area contributed by atoms with Gasteiger partial charge in [0.05, 0.1) is 11.7 Å². The molecule has 0 spiro atoms. The molecule has 1 amide bonds. The van der Waals surface area contributed by atoms with E-state index in [0.29, 0.717) is 18.7 Å². The fourth-order valence-electron chi connectivity index (χ4n) is 3.91. The van der Waals surface area contributed by atoms with Crippen LogP contribution in [0.3, 0.4) is 0 Å². The zero-order chi connectivity index (χ0) is 17.7. The van der Waals surface area contributed by atoms with Gasteiger partial charge in [-0.3, -0.25) is 9.59 Å². The summed E-state index contributed by atoms with van der Waals surface area (Å²) in [7, 11) is 0. The highest BCUT2D eigenvalue weighted by molar-refractivity contribution is 5.89. The number of hydrogen-bond acceptors (Lipinski definition) is 4. The van der Waals surface area contributed by atoms with Crippen molar-refractivity contribution in [2.24, 2.45) is 5.92 Å². The van der Waals surface area contributed by atoms with Gasteiger partial charge in [-0.2, -0.15) is 5.10 Å². The molecule has 2 fully saturated rings. The van der Waals surface area contributed by atoms with Crippen LogP contribution in [0.15, 0.2) is 48.7 Å². The first kappa shape index (κ1) is 15.8. The molecule has 0 radical (unpaired) electrons. The number of fused-ring (bicyclic) bond motifs is 1. The molecule has 4 rings (SSSR count). The molecule has 0 bridgehead atoms. The van der Waals surface area contributed by atoms with Gasteiger partial charge in [0.15, 0.2) is 0 Å². The Hall–Kier alpha value is -2.73. The predicted octanol–water partition coefficient (Wildman–Crippen LogP) is 2.47. The number of carbonyl (C=O) groups excluding carboxylic acids is 2. The molecule has 2 aliphatic rings. The lowest BCUT2D eigenvalue weighted by atomic mass is 9.91. The summed E-state index contributed by atoms with van der Waals surface area (Å²) in [5.74, 6) is -0.689. The van der Waals surface area contributed by atoms with Crippen LogP contribution in [0.4, 0.5) is 0 Å². The van der Waals surface area contributed by atoms with E-state index in [1.165, 1.54) is 4.68 Å². The normalized spacial score (nSPS) is 23.4. The lowest BCUT2D eigenvalue weighted by Crippen LogP contribution is -2.33. The molecule has 0 saturated carbocycles. The van der Waals surface area contributed by atoms with E-state index in [-0.39, 0.29) is 17.9 Å². The zero-order valence-electron chi connectivity index (χ0n) is 14.3. The van der Waals surface area contributed by atoms with E-state index >= 15 is 0 Å². The standard InChI is InChI=1S/C19H20N4O2/c1-12-11-13(2)22(20-12)19(25)17-14(3)23-16(24)9-10-21(23)18(17)15-7-5-4-6-8-15/h4-8,11,17-18H,3,9-10H2,1-2H3/t17-,18+/m1/s1. The summed E-state index contributed by atoms with van der Waals surface area (Å²) in [6.45, 7) is 8.41. The van der Waals surface area contributed by atoms with E-state index in [2.05, 4.69) is 11.7 Å². The second-order valence-electron chi connectivity index (χ2n) is 6.62. The van der Waals surface area contributed by atoms with Gasteiger partial charge in [0, 0.05) is 24.4 Å². The van der Waals surface area contributed by atoms with Crippen LogP contribution in [0.2, 0.25) is 0 Å². The number of hydrogen-bond donors (Lipinski definition) is 0. The fraction of sp³-hybridized carbons (Fsp3) is 0.316. The van der Waals surface area contributed by atoms with Gasteiger partial charge in [0.2, 0.25) is 5.91 Å². The Morgan fingerprint density at radius 3 is 2.60 bits per heavy atom. The molecule has 0 aliphatic carbocycles. The predicted molar refractivity (Wildman–Crippen MR) is 92.3 cm³/mol. The van der Waals surface area contributed by atoms with E-state index in [1.54, 1.807) is 5.01 Å². The molecule has 128 valence electrons. The van der Waals surface area contributed by atoms with Crippen LogP contribution in [0.5, 0.6) is 0 Å². The van der Waals surface area contributed by atoms with Gasteiger partial charge in [-0.1, -0.05) is 36.9 Å². The van der Waals surface area contributed by atoms with Crippen LogP contribution >= 0.6 is 0 Å². The van der Waals surface area contributed by atoms with Crippen LogP contribution in [-0.2, 0) is 4.79 Å². The first-order valence-electron chi connectivity index (χ1n) is 8.40. The second kappa shape index (κ2) is 5.67. The maximum absolute atomic E-state index is 13.3. The molecule has 1 aromatic heterocycles. The first-order valence-corrected chi connectivity index (χ1v) is 8.40. The lowest BCUT2D eigenvalue weighted by molar-refractivity contribution is -0.132. The third-order valence-electron chi connectivity index (χ3n) is 4.94. The molecule has 0 unspecified atom stereocenters. The van der Waals surface area contributed by atoms with Crippen molar-refractivity contribution in [2.75, 3.05) is 6.54 Å². The smallest absolute Gasteiger partial charge is 0.258 e. The minimum absolute atomic E-state index is 0.00500. The van der Waals surface area contributed by atoms with Crippen molar-refractivity contribution in [3.8, 4) is 0 Å². The Morgan fingerprint density at radius 1 is 1.24 bits per heavy atom. The van der Waals surface area contributed by atoms with Gasteiger partial charge in [-0.25, -0.2) is 14.7 Å². The molecule has 6 nitrogen and oxygen atoms in total. The molecule has 0 N–H and O–H groups in total. The van der Waals surface area contributed by atoms with E-state index in [1.807, 2.05) is 55.3 Å². The summed E-state index contributed by atoms with van der Waals surface area (Å²) in [4.78, 5) is 25.6. The third-order valence-corrected chi connectivity index (χ3v) is 4.94. The largest absolute Gasteiger partial charge is 0.273 e. The van der Waals surface area contributed by atoms with Crippen molar-refractivity contribution in [1.29, 1.82) is 0 Å². The van der Waals surface area contributed by atoms with Gasteiger partial charge in [-0.15, -0.1) is 0 Å². The zero-order valence-corrected chi connectivity index (χ0v) is 14.3. The number of hydrazine groups is 1. The first-order chi connectivity index (χ1) is 12.0. The van der Waals surface area contributed by atoms with Crippen molar-refractivity contribution in [2.45, 2.75) is 26.3 Å². The Bertz CT molecular complexity index is 871. The number of aromatic nitrogens is 2. The Morgan fingerprint density at radius 2 is 1.96 bits per heavy atom. The van der Waals surface area contributed by atoms with Gasteiger partial charge in [0.1, 0.15) is 5.92 Å². The summed E-state index contributed by atoms with van der Waals surface area (Å²) in [6.07, 6.45) is 0.448. The molecule has 1 aromatic carbocycles. The topological polar surface area (TPSA) is 58.4 Å². The monoisotopic (exact) mass is 336 g/mol. The van der Waals surface area contributed by atoms with Gasteiger partial charge in [-0.05, 0) is 25.5 Å². The van der Waals surface area contributed by atoms with Crippen molar-refractivity contribution in [3.05, 3.63) is 65.6 Å². The van der Waals surface area contributed by atoms with Crippen LogP contribution in [0, 0.1) is 19.8 Å². The van der Waals surface area contributed by atoms with Crippen LogP contribution in [-0.4, -0.2) is 38.2 Å². The van der Waals surface area contributed by atoms with Crippen LogP contribution in [0.25, 0.3) is 0 Å². The van der Waals surface area contributed by atoms with Crippen LogP contribution in [0.1, 0.15) is 34.2 Å². The van der Waals surface area contributed by atoms with Crippen molar-refractivity contribution < 1.29 is 9.59 Å². The fourth-order valence-corrected chi connectivity index (χ4v) is 3.91. The summed E-state index contributed by atoms with van der Waals surface area (Å²) in [5, 5.41) is 7.89. The molecule has 25 heavy (non-hydrogen) atoms. The minimum atomic E-state index is -0.537. The average molecular weight is 336 g/mol. The van der Waals surface area contributed by atoms with Crippen molar-refractivity contribution in [1.82, 2.24) is 19.8 Å². The van der Waals surface area contributed by atoms with E-state index in [0.717, 1.165) is 17.0 Å². The summed E-state index contributed by atoms with van der Waals surface area (Å²) < 4.78 is 1.44. The third kappa shape index (κ3) is 2.33. The van der Waals surface area contributed by atoms with Crippen molar-refractivity contribution in [3.63, 3.8) is 0 Å². The number of aryl methyl sites for hydroxylation is 2. The van der Waals surface area contributed by atoms with Gasteiger partial charge >= 0.3 is 0 Å². The highest BCUT2D eigenvalue weighted by Gasteiger charge is 2.52. The van der Waals surface area contributed by atoms with E-state index in [9.17, 15) is 9.59 Å². The number of rotatable bonds is 2. The molecule has 3 heterocycles. The Labute approximate surface area is 146 Å². The summed E-state index contributed by atoms with van der Waals surface area (Å²) in [5.41, 5.74) is 3.12. The van der Waals surface area contributed by atoms with Gasteiger partial charge in [0.25, 0.3) is 5.91 Å². The second-order valence-corrected chi connectivity index (χ2v) is 6.62. The Balaban J connectivity index is 1.81. The lowest BCUT2D eigenvalue weighted by Gasteiger charge is -2.25. The molecular weight excluding hydrogens is 316 g/mol. The quantitative estimate of drug-likeness (QED) is 0.845. The molecule has 2 saturated heterocycles. The maximum Gasteiger partial charge on any atom is 0.258 e. The van der Waals surface area contributed by atoms with Gasteiger partial charge < -0.3 is 0 Å². The SMILES string of the molecule is C=C1[C@@H](C(=O)n2nc(C)cc2C)[C@H](c2ccccc2)N2CCC(=O)N12. The molecule has 2 aromatic rings. The number of amides is 1. The van der Waals surface area contributed by atoms with E-state index in [4.69, 9.17) is 0 Å². The maximum atomic E-state index is 13.3. The van der Waals surface area contributed by atoms with E-state index < -0.39 is 5.92 Å². The Kier molecular flexibility index (Phi) is 3.58.